The van der Waals surface area contributed by atoms with Gasteiger partial charge in [0.1, 0.15) is 23.4 Å². The van der Waals surface area contributed by atoms with Crippen LogP contribution in [0, 0.1) is 11.8 Å². The molecule has 2 unspecified atom stereocenters. The van der Waals surface area contributed by atoms with Crippen molar-refractivity contribution >= 4 is 13.5 Å². The normalized spacial score (nSPS) is 23.2. The van der Waals surface area contributed by atoms with Gasteiger partial charge in [-0.05, 0) is 6.42 Å². The van der Waals surface area contributed by atoms with Gasteiger partial charge in [-0.25, -0.2) is 4.79 Å². The molecule has 2 aliphatic rings. The predicted octanol–water partition coefficient (Wildman–Crippen LogP) is 4.78. The Morgan fingerprint density at radius 1 is 1.07 bits per heavy atom. The molecule has 2 saturated heterocycles. The standard InChI is InChI=1S/C33H54N3O9P/c1-4-5-6-7-8-9-10-11-12-13-14-15-16-17-18-21-27(37)34-22-19-20-26-23-36(32(39)35-30(26)38)31-28-29(45-46(3,40)41)33(44-31,24-42-2)25-43-28/h23,28-29,31H,4-18,21-22,24-25H2,1-3H3,(H,34,37)(H,40,41)(H,35,38,39)/t28?,29-,31+,33+/m0/s1. The molecular weight excluding hydrogens is 613 g/mol. The quantitative estimate of drug-likeness (QED) is 0.0899. The fourth-order valence-corrected chi connectivity index (χ4v) is 6.85. The molecule has 1 aromatic heterocycles. The van der Waals surface area contributed by atoms with Crippen LogP contribution >= 0.6 is 7.60 Å². The van der Waals surface area contributed by atoms with E-state index in [1.807, 2.05) is 0 Å². The Hall–Kier alpha value is -2.26. The zero-order valence-corrected chi connectivity index (χ0v) is 28.7. The highest BCUT2D eigenvalue weighted by Crippen LogP contribution is 2.52. The number of H-pyrrole nitrogens is 1. The Morgan fingerprint density at radius 2 is 1.65 bits per heavy atom. The third-order valence-electron chi connectivity index (χ3n) is 8.52. The van der Waals surface area contributed by atoms with Gasteiger partial charge in [-0.3, -0.25) is 28.2 Å². The van der Waals surface area contributed by atoms with E-state index in [4.69, 9.17) is 18.7 Å². The number of fused-ring (bicyclic) bond motifs is 2. The minimum Gasteiger partial charge on any atom is -0.381 e. The second kappa shape index (κ2) is 19.5. The Bertz CT molecular complexity index is 1310. The molecule has 13 heteroatoms. The van der Waals surface area contributed by atoms with Crippen molar-refractivity contribution in [3.63, 3.8) is 0 Å². The number of hydrogen-bond donors (Lipinski definition) is 3. The molecule has 2 aliphatic heterocycles. The van der Waals surface area contributed by atoms with Gasteiger partial charge in [-0.15, -0.1) is 0 Å². The summed E-state index contributed by atoms with van der Waals surface area (Å²) in [5.41, 5.74) is -2.67. The van der Waals surface area contributed by atoms with Gasteiger partial charge < -0.3 is 24.4 Å². The van der Waals surface area contributed by atoms with Gasteiger partial charge in [0.05, 0.1) is 19.8 Å². The second-order valence-corrected chi connectivity index (χ2v) is 14.4. The summed E-state index contributed by atoms with van der Waals surface area (Å²) in [6.07, 6.45) is 17.7. The lowest BCUT2D eigenvalue weighted by molar-refractivity contribution is -0.190. The lowest BCUT2D eigenvalue weighted by atomic mass is 10.0. The molecule has 1 amide bonds. The number of aromatic nitrogens is 2. The van der Waals surface area contributed by atoms with Crippen molar-refractivity contribution in [1.82, 2.24) is 14.9 Å². The molecular formula is C33H54N3O9P. The fourth-order valence-electron chi connectivity index (χ4n) is 6.12. The van der Waals surface area contributed by atoms with Crippen LogP contribution in [-0.2, 0) is 28.1 Å². The first-order chi connectivity index (χ1) is 22.1. The Balaban J connectivity index is 1.36. The zero-order valence-electron chi connectivity index (χ0n) is 27.9. The maximum Gasteiger partial charge on any atom is 0.330 e. The van der Waals surface area contributed by atoms with E-state index >= 15 is 0 Å². The van der Waals surface area contributed by atoms with E-state index in [2.05, 4.69) is 29.1 Å². The SMILES string of the molecule is CCCCCCCCCCCCCCCCCC(=O)NCC#Cc1cn([C@@H]2O[C@]3(COC)COC2[C@@H]3OP(C)(=O)O)c(=O)[nH]c1=O. The molecule has 12 nitrogen and oxygen atoms in total. The fraction of sp³-hybridized carbons (Fsp3) is 0.788. The Morgan fingerprint density at radius 3 is 2.22 bits per heavy atom. The third-order valence-corrected chi connectivity index (χ3v) is 9.14. The summed E-state index contributed by atoms with van der Waals surface area (Å²) in [6, 6.07) is 0. The van der Waals surface area contributed by atoms with Crippen molar-refractivity contribution in [1.29, 1.82) is 0 Å². The average Bonchev–Trinajstić information content (AvgIpc) is 3.47. The number of ether oxygens (including phenoxy) is 3. The minimum absolute atomic E-state index is 0.00542. The van der Waals surface area contributed by atoms with Crippen LogP contribution in [0.2, 0.25) is 0 Å². The number of aromatic amines is 1. The monoisotopic (exact) mass is 667 g/mol. The number of unbranched alkanes of at least 4 members (excludes halogenated alkanes) is 14. The largest absolute Gasteiger partial charge is 0.381 e. The number of rotatable bonds is 22. The average molecular weight is 668 g/mol. The summed E-state index contributed by atoms with van der Waals surface area (Å²) in [5.74, 6) is 5.37. The highest BCUT2D eigenvalue weighted by atomic mass is 31.2. The van der Waals surface area contributed by atoms with Crippen LogP contribution in [0.3, 0.4) is 0 Å². The Kier molecular flexibility index (Phi) is 16.2. The van der Waals surface area contributed by atoms with Crippen molar-refractivity contribution < 1.29 is 33.0 Å². The lowest BCUT2D eigenvalue weighted by Gasteiger charge is -2.31. The van der Waals surface area contributed by atoms with Crippen LogP contribution in [0.5, 0.6) is 0 Å². The number of amides is 1. The number of carbonyl (C=O) groups is 1. The minimum atomic E-state index is -3.93. The maximum atomic E-state index is 12.7. The summed E-state index contributed by atoms with van der Waals surface area (Å²) in [4.78, 5) is 49.4. The third kappa shape index (κ3) is 12.1. The molecule has 3 rings (SSSR count). The van der Waals surface area contributed by atoms with Gasteiger partial charge in [0, 0.05) is 26.4 Å². The number of hydrogen-bond acceptors (Lipinski definition) is 8. The van der Waals surface area contributed by atoms with Crippen molar-refractivity contribution in [2.75, 3.05) is 33.5 Å². The molecule has 260 valence electrons. The van der Waals surface area contributed by atoms with Gasteiger partial charge in [-0.1, -0.05) is 109 Å². The molecule has 0 aromatic carbocycles. The van der Waals surface area contributed by atoms with Crippen LogP contribution in [0.25, 0.3) is 0 Å². The topological polar surface area (TPSA) is 158 Å². The van der Waals surface area contributed by atoms with E-state index in [0.717, 1.165) is 30.5 Å². The van der Waals surface area contributed by atoms with E-state index in [1.54, 1.807) is 0 Å². The number of nitrogens with zero attached hydrogens (tertiary/aromatic N) is 1. The first kappa shape index (κ1) is 38.2. The van der Waals surface area contributed by atoms with E-state index in [9.17, 15) is 23.8 Å². The van der Waals surface area contributed by atoms with E-state index in [1.165, 1.54) is 90.4 Å². The maximum absolute atomic E-state index is 12.7. The Labute approximate surface area is 272 Å². The molecule has 2 fully saturated rings. The van der Waals surface area contributed by atoms with Crippen molar-refractivity contribution in [3.8, 4) is 11.8 Å². The summed E-state index contributed by atoms with van der Waals surface area (Å²) in [6.45, 7) is 3.39. The summed E-state index contributed by atoms with van der Waals surface area (Å²) in [5, 5.41) is 2.75. The van der Waals surface area contributed by atoms with Crippen molar-refractivity contribution in [2.45, 2.75) is 134 Å². The van der Waals surface area contributed by atoms with Gasteiger partial charge in [0.25, 0.3) is 5.56 Å². The van der Waals surface area contributed by atoms with Crippen LogP contribution in [0.15, 0.2) is 15.8 Å². The smallest absolute Gasteiger partial charge is 0.330 e. The lowest BCUT2D eigenvalue weighted by Crippen LogP contribution is -2.46. The predicted molar refractivity (Wildman–Crippen MR) is 176 cm³/mol. The number of methoxy groups -OCH3 is 1. The molecule has 46 heavy (non-hydrogen) atoms. The molecule has 5 atom stereocenters. The summed E-state index contributed by atoms with van der Waals surface area (Å²) in [7, 11) is -2.49. The van der Waals surface area contributed by atoms with Crippen molar-refractivity contribution in [3.05, 3.63) is 32.6 Å². The van der Waals surface area contributed by atoms with Crippen molar-refractivity contribution in [2.24, 2.45) is 0 Å². The highest BCUT2D eigenvalue weighted by molar-refractivity contribution is 7.51. The molecule has 3 heterocycles. The molecule has 0 radical (unpaired) electrons. The second-order valence-electron chi connectivity index (χ2n) is 12.6. The van der Waals surface area contributed by atoms with Crippen LogP contribution in [0.1, 0.15) is 121 Å². The molecule has 1 aromatic rings. The summed E-state index contributed by atoms with van der Waals surface area (Å²) < 4.78 is 35.7. The first-order valence-electron chi connectivity index (χ1n) is 17.0. The zero-order chi connectivity index (χ0) is 33.4. The van der Waals surface area contributed by atoms with E-state index in [-0.39, 0.29) is 31.2 Å². The summed E-state index contributed by atoms with van der Waals surface area (Å²) >= 11 is 0. The van der Waals surface area contributed by atoms with Gasteiger partial charge in [0.15, 0.2) is 6.23 Å². The van der Waals surface area contributed by atoms with Gasteiger partial charge in [-0.2, -0.15) is 0 Å². The van der Waals surface area contributed by atoms with Gasteiger partial charge in [0.2, 0.25) is 5.91 Å². The van der Waals surface area contributed by atoms with Crippen LogP contribution in [-0.4, -0.2) is 71.7 Å². The first-order valence-corrected chi connectivity index (χ1v) is 19.0. The number of nitrogens with one attached hydrogen (secondary N) is 2. The van der Waals surface area contributed by atoms with Crippen LogP contribution in [0.4, 0.5) is 0 Å². The van der Waals surface area contributed by atoms with Crippen LogP contribution < -0.4 is 16.6 Å². The highest BCUT2D eigenvalue weighted by Gasteiger charge is 2.64. The molecule has 0 aliphatic carbocycles. The molecule has 2 bridgehead atoms. The number of carbonyl (C=O) groups excluding carboxylic acids is 1. The molecule has 3 N–H and O–H groups in total. The molecule has 0 spiro atoms. The van der Waals surface area contributed by atoms with E-state index in [0.29, 0.717) is 6.42 Å². The van der Waals surface area contributed by atoms with E-state index < -0.39 is 42.9 Å². The van der Waals surface area contributed by atoms with Gasteiger partial charge >= 0.3 is 13.3 Å². The molecule has 0 saturated carbocycles.